The highest BCUT2D eigenvalue weighted by atomic mass is 32.2. The van der Waals surface area contributed by atoms with E-state index in [4.69, 9.17) is 14.2 Å². The maximum absolute atomic E-state index is 12.9. The van der Waals surface area contributed by atoms with Gasteiger partial charge in [-0.05, 0) is 55.2 Å². The van der Waals surface area contributed by atoms with Crippen molar-refractivity contribution in [3.8, 4) is 17.2 Å². The molecule has 0 bridgehead atoms. The molecule has 2 aliphatic heterocycles. The lowest BCUT2D eigenvalue weighted by molar-refractivity contribution is -0.121. The van der Waals surface area contributed by atoms with Crippen molar-refractivity contribution in [3.63, 3.8) is 0 Å². The fourth-order valence-corrected chi connectivity index (χ4v) is 5.48. The summed E-state index contributed by atoms with van der Waals surface area (Å²) in [5, 5.41) is 2.87. The van der Waals surface area contributed by atoms with Gasteiger partial charge in [0.2, 0.25) is 15.9 Å². The molecule has 1 atom stereocenters. The van der Waals surface area contributed by atoms with Crippen LogP contribution < -0.4 is 19.5 Å². The van der Waals surface area contributed by atoms with E-state index >= 15 is 0 Å². The number of sulfonamides is 1. The van der Waals surface area contributed by atoms with Gasteiger partial charge >= 0.3 is 0 Å². The number of carbonyl (C=O) groups excluding carboxylic acids is 1. The molecule has 2 heterocycles. The molecule has 9 heteroatoms. The Morgan fingerprint density at radius 1 is 1.16 bits per heavy atom. The summed E-state index contributed by atoms with van der Waals surface area (Å²) in [5.41, 5.74) is 0.689. The van der Waals surface area contributed by atoms with Crippen LogP contribution in [0, 0.1) is 0 Å². The second-order valence-corrected chi connectivity index (χ2v) is 9.82. The molecular formula is C23H28N2O6S. The Morgan fingerprint density at radius 2 is 1.91 bits per heavy atom. The maximum Gasteiger partial charge on any atom is 0.243 e. The summed E-state index contributed by atoms with van der Waals surface area (Å²) < 4.78 is 44.1. The Labute approximate surface area is 188 Å². The summed E-state index contributed by atoms with van der Waals surface area (Å²) >= 11 is 0. The monoisotopic (exact) mass is 460 g/mol. The number of carbonyl (C=O) groups is 1. The number of nitrogens with zero attached hydrogens (tertiary/aromatic N) is 1. The molecule has 0 unspecified atom stereocenters. The van der Waals surface area contributed by atoms with E-state index in [2.05, 4.69) is 5.32 Å². The van der Waals surface area contributed by atoms with Gasteiger partial charge in [-0.15, -0.1) is 0 Å². The molecule has 4 rings (SSSR count). The summed E-state index contributed by atoms with van der Waals surface area (Å²) in [6.07, 6.45) is 2.06. The number of methoxy groups -OCH3 is 1. The smallest absolute Gasteiger partial charge is 0.243 e. The zero-order valence-corrected chi connectivity index (χ0v) is 18.9. The fraction of sp³-hybridized carbons (Fsp3) is 0.435. The lowest BCUT2D eigenvalue weighted by atomic mass is 10.1. The third kappa shape index (κ3) is 4.99. The van der Waals surface area contributed by atoms with Crippen LogP contribution in [0.25, 0.3) is 0 Å². The molecule has 2 aliphatic rings. The molecule has 2 aromatic carbocycles. The van der Waals surface area contributed by atoms with E-state index in [9.17, 15) is 13.2 Å². The highest BCUT2D eigenvalue weighted by Gasteiger charge is 2.28. The van der Waals surface area contributed by atoms with Crippen molar-refractivity contribution >= 4 is 15.9 Å². The Hall–Kier alpha value is -2.78. The molecule has 0 aromatic heterocycles. The number of hydrogen-bond donors (Lipinski definition) is 1. The first-order chi connectivity index (χ1) is 15.5. The van der Waals surface area contributed by atoms with Gasteiger partial charge in [0, 0.05) is 19.5 Å². The van der Waals surface area contributed by atoms with Crippen LogP contribution in [-0.2, 0) is 21.2 Å². The van der Waals surface area contributed by atoms with E-state index in [0.29, 0.717) is 55.5 Å². The molecule has 0 spiro atoms. The third-order valence-corrected chi connectivity index (χ3v) is 7.57. The van der Waals surface area contributed by atoms with Gasteiger partial charge in [-0.3, -0.25) is 4.79 Å². The van der Waals surface area contributed by atoms with Crippen molar-refractivity contribution in [3.05, 3.63) is 48.0 Å². The molecule has 1 amide bonds. The molecule has 32 heavy (non-hydrogen) atoms. The van der Waals surface area contributed by atoms with E-state index in [1.165, 1.54) is 11.4 Å². The van der Waals surface area contributed by atoms with E-state index in [1.54, 1.807) is 18.2 Å². The Morgan fingerprint density at radius 3 is 2.66 bits per heavy atom. The normalized spacial score (nSPS) is 18.3. The summed E-state index contributed by atoms with van der Waals surface area (Å²) in [6, 6.07) is 12.3. The number of benzene rings is 2. The van der Waals surface area contributed by atoms with Crippen molar-refractivity contribution < 1.29 is 27.4 Å². The number of rotatable bonds is 8. The largest absolute Gasteiger partial charge is 0.496 e. The third-order valence-electron chi connectivity index (χ3n) is 5.67. The molecule has 8 nitrogen and oxygen atoms in total. The van der Waals surface area contributed by atoms with Gasteiger partial charge in [0.15, 0.2) is 11.5 Å². The van der Waals surface area contributed by atoms with Crippen molar-refractivity contribution in [1.29, 1.82) is 0 Å². The van der Waals surface area contributed by atoms with E-state index < -0.39 is 10.0 Å². The molecule has 1 fully saturated rings. The van der Waals surface area contributed by atoms with Gasteiger partial charge in [0.1, 0.15) is 18.5 Å². The SMILES string of the molecule is COc1ccc(S(=O)(=O)N2CCCC2)cc1CCC(=O)NC[C@@H]1COc2ccccc2O1. The molecule has 1 N–H and O–H groups in total. The Balaban J connectivity index is 1.34. The predicted octanol–water partition coefficient (Wildman–Crippen LogP) is 2.37. The molecule has 0 aliphatic carbocycles. The first kappa shape index (κ1) is 22.4. The molecule has 172 valence electrons. The second kappa shape index (κ2) is 9.79. The van der Waals surface area contributed by atoms with Crippen LogP contribution in [-0.4, -0.2) is 58.1 Å². The van der Waals surface area contributed by atoms with Gasteiger partial charge in [-0.2, -0.15) is 4.31 Å². The van der Waals surface area contributed by atoms with Gasteiger partial charge < -0.3 is 19.5 Å². The zero-order chi connectivity index (χ0) is 22.6. The highest BCUT2D eigenvalue weighted by molar-refractivity contribution is 7.89. The lowest BCUT2D eigenvalue weighted by Gasteiger charge is -2.26. The molecule has 1 saturated heterocycles. The van der Waals surface area contributed by atoms with E-state index in [-0.39, 0.29) is 23.3 Å². The van der Waals surface area contributed by atoms with Crippen LogP contribution in [0.2, 0.25) is 0 Å². The number of aryl methyl sites for hydroxylation is 1. The van der Waals surface area contributed by atoms with Crippen LogP contribution in [0.3, 0.4) is 0 Å². The number of ether oxygens (including phenoxy) is 3. The van der Waals surface area contributed by atoms with Crippen molar-refractivity contribution in [2.75, 3.05) is 33.4 Å². The molecule has 2 aromatic rings. The number of para-hydroxylation sites is 2. The van der Waals surface area contributed by atoms with E-state index in [0.717, 1.165) is 12.8 Å². The number of fused-ring (bicyclic) bond motifs is 1. The van der Waals surface area contributed by atoms with Crippen LogP contribution in [0.4, 0.5) is 0 Å². The summed E-state index contributed by atoms with van der Waals surface area (Å²) in [5.74, 6) is 1.78. The first-order valence-electron chi connectivity index (χ1n) is 10.8. The van der Waals surface area contributed by atoms with Crippen molar-refractivity contribution in [1.82, 2.24) is 9.62 Å². The van der Waals surface area contributed by atoms with Crippen LogP contribution in [0.15, 0.2) is 47.4 Å². The summed E-state index contributed by atoms with van der Waals surface area (Å²) in [6.45, 7) is 1.78. The van der Waals surface area contributed by atoms with Crippen LogP contribution in [0.5, 0.6) is 17.2 Å². The average Bonchev–Trinajstić information content (AvgIpc) is 3.37. The predicted molar refractivity (Wildman–Crippen MR) is 119 cm³/mol. The Kier molecular flexibility index (Phi) is 6.86. The summed E-state index contributed by atoms with van der Waals surface area (Å²) in [4.78, 5) is 12.7. The van der Waals surface area contributed by atoms with Crippen LogP contribution in [0.1, 0.15) is 24.8 Å². The minimum absolute atomic E-state index is 0.151. The number of nitrogens with one attached hydrogen (secondary N) is 1. The molecule has 0 radical (unpaired) electrons. The Bertz CT molecular complexity index is 1070. The molecular weight excluding hydrogens is 432 g/mol. The first-order valence-corrected chi connectivity index (χ1v) is 12.2. The average molecular weight is 461 g/mol. The van der Waals surface area contributed by atoms with Gasteiger partial charge in [0.05, 0.1) is 18.6 Å². The second-order valence-electron chi connectivity index (χ2n) is 7.89. The highest BCUT2D eigenvalue weighted by Crippen LogP contribution is 2.31. The standard InChI is InChI=1S/C23H28N2O6S/c1-29-20-10-9-19(32(27,28)25-12-4-5-13-25)14-17(20)8-11-23(26)24-15-18-16-30-21-6-2-3-7-22(21)31-18/h2-3,6-7,9-10,14,18H,4-5,8,11-13,15-16H2,1H3,(H,24,26)/t18-/m1/s1. The van der Waals surface area contributed by atoms with Crippen LogP contribution >= 0.6 is 0 Å². The van der Waals surface area contributed by atoms with Gasteiger partial charge in [-0.1, -0.05) is 12.1 Å². The minimum atomic E-state index is -3.53. The zero-order valence-electron chi connectivity index (χ0n) is 18.1. The number of hydrogen-bond acceptors (Lipinski definition) is 6. The fourth-order valence-electron chi connectivity index (χ4n) is 3.92. The quantitative estimate of drug-likeness (QED) is 0.650. The van der Waals surface area contributed by atoms with E-state index in [1.807, 2.05) is 24.3 Å². The van der Waals surface area contributed by atoms with Gasteiger partial charge in [-0.25, -0.2) is 8.42 Å². The topological polar surface area (TPSA) is 94.2 Å². The van der Waals surface area contributed by atoms with Gasteiger partial charge in [0.25, 0.3) is 0 Å². The molecule has 0 saturated carbocycles. The minimum Gasteiger partial charge on any atom is -0.496 e. The van der Waals surface area contributed by atoms with Crippen molar-refractivity contribution in [2.45, 2.75) is 36.7 Å². The number of amides is 1. The lowest BCUT2D eigenvalue weighted by Crippen LogP contribution is -2.40. The maximum atomic E-state index is 12.9. The summed E-state index contributed by atoms with van der Waals surface area (Å²) in [7, 11) is -1.99. The van der Waals surface area contributed by atoms with Crippen molar-refractivity contribution in [2.24, 2.45) is 0 Å².